The van der Waals surface area contributed by atoms with Gasteiger partial charge in [-0.2, -0.15) is 0 Å². The number of nitrogens with zero attached hydrogens (tertiary/aromatic N) is 2. The Morgan fingerprint density at radius 3 is 2.57 bits per heavy atom. The second-order valence-corrected chi connectivity index (χ2v) is 6.47. The molecular formula is C21H15N3O4. The lowest BCUT2D eigenvalue weighted by atomic mass is 10.1. The van der Waals surface area contributed by atoms with Gasteiger partial charge in [0.05, 0.1) is 5.52 Å². The molecule has 2 N–H and O–H groups in total. The molecule has 0 bridgehead atoms. The summed E-state index contributed by atoms with van der Waals surface area (Å²) in [6.45, 7) is 0.0447. The van der Waals surface area contributed by atoms with Gasteiger partial charge in [0, 0.05) is 5.39 Å². The van der Waals surface area contributed by atoms with E-state index in [9.17, 15) is 9.90 Å². The third-order valence-electron chi connectivity index (χ3n) is 4.66. The zero-order valence-corrected chi connectivity index (χ0v) is 14.6. The molecule has 7 heteroatoms. The van der Waals surface area contributed by atoms with Crippen LogP contribution in [0.1, 0.15) is 0 Å². The highest BCUT2D eigenvalue weighted by Gasteiger charge is 2.28. The molecule has 0 saturated heterocycles. The van der Waals surface area contributed by atoms with Gasteiger partial charge < -0.3 is 19.6 Å². The molecule has 1 aromatic heterocycles. The summed E-state index contributed by atoms with van der Waals surface area (Å²) in [4.78, 5) is 15.3. The molecule has 0 fully saturated rings. The monoisotopic (exact) mass is 373 g/mol. The second-order valence-electron chi connectivity index (χ2n) is 6.47. The Labute approximate surface area is 159 Å². The molecule has 2 heterocycles. The van der Waals surface area contributed by atoms with Crippen LogP contribution in [-0.4, -0.2) is 28.7 Å². The number of aromatic amines is 1. The van der Waals surface area contributed by atoms with Crippen LogP contribution < -0.4 is 9.47 Å². The number of azo groups is 1. The van der Waals surface area contributed by atoms with E-state index in [1.54, 1.807) is 12.1 Å². The van der Waals surface area contributed by atoms with Crippen molar-refractivity contribution >= 4 is 33.3 Å². The van der Waals surface area contributed by atoms with Gasteiger partial charge in [-0.05, 0) is 29.0 Å². The molecule has 1 unspecified atom stereocenters. The van der Waals surface area contributed by atoms with Crippen molar-refractivity contribution < 1.29 is 19.4 Å². The molecule has 1 atom stereocenters. The zero-order valence-electron chi connectivity index (χ0n) is 14.6. The number of carbonyl (C=O) groups is 1. The first-order chi connectivity index (χ1) is 13.7. The molecule has 4 aromatic rings. The molecule has 7 nitrogen and oxygen atoms in total. The number of rotatable bonds is 2. The van der Waals surface area contributed by atoms with Crippen molar-refractivity contribution in [3.8, 4) is 17.4 Å². The van der Waals surface area contributed by atoms with Crippen LogP contribution in [0.3, 0.4) is 0 Å². The molecule has 1 amide bonds. The fraction of sp³-hybridized carbons (Fsp3) is 0.0952. The number of ether oxygens (including phenoxy) is 2. The van der Waals surface area contributed by atoms with Crippen molar-refractivity contribution in [2.45, 2.75) is 6.10 Å². The summed E-state index contributed by atoms with van der Waals surface area (Å²) in [6.07, 6.45) is -0.898. The molecule has 5 rings (SSSR count). The van der Waals surface area contributed by atoms with Gasteiger partial charge in [0.2, 0.25) is 12.0 Å². The third-order valence-corrected chi connectivity index (χ3v) is 4.66. The Kier molecular flexibility index (Phi) is 3.72. The number of nitrogens with one attached hydrogen (secondary N) is 1. The first-order valence-corrected chi connectivity index (χ1v) is 8.76. The number of benzene rings is 3. The Bertz CT molecular complexity index is 1250. The Balaban J connectivity index is 1.40. The first kappa shape index (κ1) is 16.3. The van der Waals surface area contributed by atoms with Crippen molar-refractivity contribution in [2.24, 2.45) is 10.2 Å². The number of aromatic hydroxyl groups is 1. The summed E-state index contributed by atoms with van der Waals surface area (Å²) in [5.74, 6) is 0.362. The SMILES string of the molecule is O=C(N=Nc1c(O)[nH]c2ccccc12)C1COc2cc3ccccc3cc2O1. The van der Waals surface area contributed by atoms with Crippen LogP contribution in [0.4, 0.5) is 5.69 Å². The van der Waals surface area contributed by atoms with Crippen LogP contribution in [0.2, 0.25) is 0 Å². The van der Waals surface area contributed by atoms with Gasteiger partial charge in [0.15, 0.2) is 17.2 Å². The minimum atomic E-state index is -0.898. The molecule has 1 aliphatic heterocycles. The smallest absolute Gasteiger partial charge is 0.308 e. The van der Waals surface area contributed by atoms with Crippen molar-refractivity contribution in [2.75, 3.05) is 6.61 Å². The zero-order chi connectivity index (χ0) is 19.1. The summed E-state index contributed by atoms with van der Waals surface area (Å²) < 4.78 is 11.5. The van der Waals surface area contributed by atoms with Gasteiger partial charge in [-0.3, -0.25) is 4.79 Å². The number of amides is 1. The average Bonchev–Trinajstić information content (AvgIpc) is 3.05. The van der Waals surface area contributed by atoms with E-state index < -0.39 is 12.0 Å². The molecular weight excluding hydrogens is 358 g/mol. The first-order valence-electron chi connectivity index (χ1n) is 8.76. The maximum atomic E-state index is 12.5. The second kappa shape index (κ2) is 6.38. The predicted molar refractivity (Wildman–Crippen MR) is 103 cm³/mol. The highest BCUT2D eigenvalue weighted by atomic mass is 16.6. The topological polar surface area (TPSA) is 96.3 Å². The van der Waals surface area contributed by atoms with Crippen molar-refractivity contribution in [1.82, 2.24) is 4.98 Å². The summed E-state index contributed by atoms with van der Waals surface area (Å²) >= 11 is 0. The van der Waals surface area contributed by atoms with Crippen molar-refractivity contribution in [3.05, 3.63) is 60.7 Å². The quantitative estimate of drug-likeness (QED) is 0.507. The predicted octanol–water partition coefficient (Wildman–Crippen LogP) is 4.48. The molecule has 138 valence electrons. The lowest BCUT2D eigenvalue weighted by Gasteiger charge is -2.24. The van der Waals surface area contributed by atoms with Crippen LogP contribution in [0.25, 0.3) is 21.7 Å². The lowest BCUT2D eigenvalue weighted by molar-refractivity contribution is -0.127. The van der Waals surface area contributed by atoms with Gasteiger partial charge in [-0.15, -0.1) is 10.2 Å². The minimum Gasteiger partial charge on any atom is -0.493 e. The number of H-pyrrole nitrogens is 1. The van der Waals surface area contributed by atoms with E-state index in [-0.39, 0.29) is 18.2 Å². The number of fused-ring (bicyclic) bond motifs is 3. The van der Waals surface area contributed by atoms with Crippen LogP contribution in [0.15, 0.2) is 70.9 Å². The van der Waals surface area contributed by atoms with Gasteiger partial charge in [0.25, 0.3) is 0 Å². The Hall–Kier alpha value is -3.87. The minimum absolute atomic E-state index is 0.0447. The number of hydrogen-bond acceptors (Lipinski definition) is 5. The molecule has 0 radical (unpaired) electrons. The van der Waals surface area contributed by atoms with Gasteiger partial charge >= 0.3 is 5.91 Å². The summed E-state index contributed by atoms with van der Waals surface area (Å²) in [6, 6.07) is 18.8. The highest BCUT2D eigenvalue weighted by molar-refractivity contribution is 5.94. The fourth-order valence-corrected chi connectivity index (χ4v) is 3.26. The summed E-state index contributed by atoms with van der Waals surface area (Å²) in [5.41, 5.74) is 0.923. The maximum Gasteiger partial charge on any atom is 0.308 e. The Morgan fingerprint density at radius 1 is 1.04 bits per heavy atom. The van der Waals surface area contributed by atoms with Gasteiger partial charge in [-0.25, -0.2) is 0 Å². The van der Waals surface area contributed by atoms with E-state index in [4.69, 9.17) is 9.47 Å². The highest BCUT2D eigenvalue weighted by Crippen LogP contribution is 2.37. The Morgan fingerprint density at radius 2 is 1.75 bits per heavy atom. The van der Waals surface area contributed by atoms with Gasteiger partial charge in [-0.1, -0.05) is 42.5 Å². The van der Waals surface area contributed by atoms with E-state index in [1.165, 1.54) is 0 Å². The van der Waals surface area contributed by atoms with Crippen molar-refractivity contribution in [3.63, 3.8) is 0 Å². The average molecular weight is 373 g/mol. The van der Waals surface area contributed by atoms with E-state index in [0.29, 0.717) is 22.4 Å². The third kappa shape index (κ3) is 2.73. The summed E-state index contributed by atoms with van der Waals surface area (Å²) in [7, 11) is 0. The largest absolute Gasteiger partial charge is 0.493 e. The van der Waals surface area contributed by atoms with E-state index >= 15 is 0 Å². The van der Waals surface area contributed by atoms with E-state index in [0.717, 1.165) is 10.8 Å². The summed E-state index contributed by atoms with van der Waals surface area (Å²) in [5, 5.41) is 20.4. The van der Waals surface area contributed by atoms with Crippen LogP contribution in [0.5, 0.6) is 17.4 Å². The molecule has 0 aliphatic carbocycles. The molecule has 1 aliphatic rings. The van der Waals surface area contributed by atoms with Crippen LogP contribution >= 0.6 is 0 Å². The normalized spacial score (nSPS) is 16.1. The molecule has 3 aromatic carbocycles. The lowest BCUT2D eigenvalue weighted by Crippen LogP contribution is -2.35. The van der Waals surface area contributed by atoms with Gasteiger partial charge in [0.1, 0.15) is 6.61 Å². The fourth-order valence-electron chi connectivity index (χ4n) is 3.26. The van der Waals surface area contributed by atoms with Crippen LogP contribution in [-0.2, 0) is 4.79 Å². The number of para-hydroxylation sites is 1. The number of aromatic nitrogens is 1. The van der Waals surface area contributed by atoms with E-state index in [1.807, 2.05) is 48.5 Å². The number of hydrogen-bond donors (Lipinski definition) is 2. The molecule has 0 spiro atoms. The molecule has 28 heavy (non-hydrogen) atoms. The molecule has 0 saturated carbocycles. The standard InChI is InChI=1S/C21H15N3O4/c25-20(24-23-19-14-7-3-4-8-15(14)22-21(19)26)18-11-27-16-9-12-5-1-2-6-13(12)10-17(16)28-18/h1-10,18,22,26H,11H2. The number of carbonyl (C=O) groups excluding carboxylic acids is 1. The van der Waals surface area contributed by atoms with Crippen LogP contribution in [0, 0.1) is 0 Å². The maximum absolute atomic E-state index is 12.5. The van der Waals surface area contributed by atoms with E-state index in [2.05, 4.69) is 15.2 Å². The van der Waals surface area contributed by atoms with Crippen molar-refractivity contribution in [1.29, 1.82) is 0 Å².